The topological polar surface area (TPSA) is 32.3 Å². The van der Waals surface area contributed by atoms with E-state index in [2.05, 4.69) is 57.1 Å². The zero-order valence-electron chi connectivity index (χ0n) is 13.3. The number of carbonyl (C=O) groups is 1. The number of rotatable bonds is 4. The normalized spacial score (nSPS) is 16.9. The molecule has 0 aromatic heterocycles. The molecular weight excluding hydrogens is 399 g/mol. The van der Waals surface area contributed by atoms with Crippen LogP contribution in [0.1, 0.15) is 30.0 Å². The minimum atomic E-state index is 0.0414. The number of para-hydroxylation sites is 1. The molecular formula is C19H21IN2O. The first kappa shape index (κ1) is 16.5. The van der Waals surface area contributed by atoms with Gasteiger partial charge in [0.05, 0.1) is 12.2 Å². The van der Waals surface area contributed by atoms with Gasteiger partial charge in [0.2, 0.25) is 5.91 Å². The molecule has 0 spiro atoms. The Kier molecular flexibility index (Phi) is 5.33. The lowest BCUT2D eigenvalue weighted by atomic mass is 9.87. The predicted molar refractivity (Wildman–Crippen MR) is 103 cm³/mol. The highest BCUT2D eigenvalue weighted by molar-refractivity contribution is 14.1. The van der Waals surface area contributed by atoms with E-state index >= 15 is 0 Å². The Morgan fingerprint density at radius 3 is 2.78 bits per heavy atom. The number of fused-ring (bicyclic) bond motifs is 1. The average Bonchev–Trinajstić information content (AvgIpc) is 2.56. The smallest absolute Gasteiger partial charge is 0.238 e. The highest BCUT2D eigenvalue weighted by Gasteiger charge is 2.24. The second-order valence-corrected chi connectivity index (χ2v) is 7.21. The molecule has 0 saturated heterocycles. The Balaban J connectivity index is 1.67. The fraction of sp³-hybridized carbons (Fsp3) is 0.316. The van der Waals surface area contributed by atoms with E-state index in [0.29, 0.717) is 12.6 Å². The average molecular weight is 420 g/mol. The first-order valence-corrected chi connectivity index (χ1v) is 9.05. The van der Waals surface area contributed by atoms with E-state index in [1.165, 1.54) is 17.5 Å². The highest BCUT2D eigenvalue weighted by atomic mass is 127. The van der Waals surface area contributed by atoms with E-state index in [-0.39, 0.29) is 5.91 Å². The summed E-state index contributed by atoms with van der Waals surface area (Å²) in [5.74, 6) is 0.0414. The van der Waals surface area contributed by atoms with Crippen molar-refractivity contribution in [2.75, 3.05) is 18.9 Å². The maximum absolute atomic E-state index is 12.4. The van der Waals surface area contributed by atoms with Crippen LogP contribution >= 0.6 is 22.6 Å². The van der Waals surface area contributed by atoms with Gasteiger partial charge in [-0.3, -0.25) is 9.69 Å². The Labute approximate surface area is 151 Å². The predicted octanol–water partition coefficient (Wildman–Crippen LogP) is 4.24. The summed E-state index contributed by atoms with van der Waals surface area (Å²) in [6.07, 6.45) is 3.45. The van der Waals surface area contributed by atoms with Crippen molar-refractivity contribution in [3.8, 4) is 0 Å². The molecule has 1 N–H and O–H groups in total. The molecule has 0 bridgehead atoms. The molecule has 2 aromatic carbocycles. The third kappa shape index (κ3) is 3.93. The minimum Gasteiger partial charge on any atom is -0.324 e. The third-order valence-corrected chi connectivity index (χ3v) is 5.35. The van der Waals surface area contributed by atoms with E-state index < -0.39 is 0 Å². The molecule has 0 heterocycles. The number of carbonyl (C=O) groups excluding carboxylic acids is 1. The molecule has 1 aliphatic rings. The van der Waals surface area contributed by atoms with Crippen LogP contribution < -0.4 is 5.32 Å². The van der Waals surface area contributed by atoms with Gasteiger partial charge in [-0.15, -0.1) is 0 Å². The Hall–Kier alpha value is -1.40. The van der Waals surface area contributed by atoms with Gasteiger partial charge >= 0.3 is 0 Å². The molecule has 120 valence electrons. The minimum absolute atomic E-state index is 0.0414. The maximum atomic E-state index is 12.4. The summed E-state index contributed by atoms with van der Waals surface area (Å²) < 4.78 is 1.06. The van der Waals surface area contributed by atoms with Gasteiger partial charge < -0.3 is 5.32 Å². The molecule has 1 amide bonds. The fourth-order valence-electron chi connectivity index (χ4n) is 3.28. The summed E-state index contributed by atoms with van der Waals surface area (Å²) >= 11 is 2.24. The van der Waals surface area contributed by atoms with Gasteiger partial charge in [0.25, 0.3) is 0 Å². The van der Waals surface area contributed by atoms with E-state index in [4.69, 9.17) is 0 Å². The van der Waals surface area contributed by atoms with E-state index in [1.54, 1.807) is 0 Å². The maximum Gasteiger partial charge on any atom is 0.238 e. The van der Waals surface area contributed by atoms with Crippen molar-refractivity contribution in [1.82, 2.24) is 4.90 Å². The SMILES string of the molecule is CN(CC(=O)Nc1ccccc1I)[C@H]1CCCc2ccccc21. The summed E-state index contributed by atoms with van der Waals surface area (Å²) in [5.41, 5.74) is 3.69. The van der Waals surface area contributed by atoms with Gasteiger partial charge in [-0.1, -0.05) is 36.4 Å². The molecule has 0 saturated carbocycles. The number of amides is 1. The van der Waals surface area contributed by atoms with Gasteiger partial charge in [0, 0.05) is 9.61 Å². The molecule has 2 aromatic rings. The van der Waals surface area contributed by atoms with Crippen LogP contribution in [-0.2, 0) is 11.2 Å². The van der Waals surface area contributed by atoms with Crippen LogP contribution in [0, 0.1) is 3.57 Å². The van der Waals surface area contributed by atoms with Crippen LogP contribution in [0.2, 0.25) is 0 Å². The van der Waals surface area contributed by atoms with Crippen LogP contribution in [0.3, 0.4) is 0 Å². The second kappa shape index (κ2) is 7.45. The van der Waals surface area contributed by atoms with Gasteiger partial charge in [-0.05, 0) is 72.2 Å². The summed E-state index contributed by atoms with van der Waals surface area (Å²) in [5, 5.41) is 3.02. The number of hydrogen-bond acceptors (Lipinski definition) is 2. The third-order valence-electron chi connectivity index (χ3n) is 4.41. The zero-order valence-corrected chi connectivity index (χ0v) is 15.4. The number of likely N-dealkylation sites (N-methyl/N-ethyl adjacent to an activating group) is 1. The Morgan fingerprint density at radius 1 is 1.22 bits per heavy atom. The number of aryl methyl sites for hydroxylation is 1. The first-order chi connectivity index (χ1) is 11.1. The number of benzene rings is 2. The molecule has 3 rings (SSSR count). The van der Waals surface area contributed by atoms with Crippen LogP contribution in [0.15, 0.2) is 48.5 Å². The van der Waals surface area contributed by atoms with Crippen LogP contribution in [0.25, 0.3) is 0 Å². The van der Waals surface area contributed by atoms with Crippen LogP contribution in [-0.4, -0.2) is 24.4 Å². The van der Waals surface area contributed by atoms with E-state index in [1.807, 2.05) is 31.3 Å². The lowest BCUT2D eigenvalue weighted by Crippen LogP contribution is -2.35. The van der Waals surface area contributed by atoms with Crippen molar-refractivity contribution < 1.29 is 4.79 Å². The van der Waals surface area contributed by atoms with Crippen LogP contribution in [0.4, 0.5) is 5.69 Å². The van der Waals surface area contributed by atoms with Crippen molar-refractivity contribution in [2.24, 2.45) is 0 Å². The molecule has 23 heavy (non-hydrogen) atoms. The Bertz CT molecular complexity index is 701. The van der Waals surface area contributed by atoms with Gasteiger partial charge in [0.1, 0.15) is 0 Å². The fourth-order valence-corrected chi connectivity index (χ4v) is 3.80. The quantitative estimate of drug-likeness (QED) is 0.751. The standard InChI is InChI=1S/C19H21IN2O/c1-22(13-19(23)21-17-11-5-4-10-16(17)20)18-12-6-8-14-7-2-3-9-15(14)18/h2-5,7,9-11,18H,6,8,12-13H2,1H3,(H,21,23)/t18-/m0/s1. The number of anilines is 1. The lowest BCUT2D eigenvalue weighted by Gasteiger charge is -2.32. The van der Waals surface area contributed by atoms with Crippen molar-refractivity contribution in [3.05, 3.63) is 63.2 Å². The zero-order chi connectivity index (χ0) is 16.2. The van der Waals surface area contributed by atoms with Crippen molar-refractivity contribution >= 4 is 34.2 Å². The molecule has 1 atom stereocenters. The largest absolute Gasteiger partial charge is 0.324 e. The number of halogens is 1. The lowest BCUT2D eigenvalue weighted by molar-refractivity contribution is -0.117. The number of nitrogens with zero attached hydrogens (tertiary/aromatic N) is 1. The molecule has 0 radical (unpaired) electrons. The molecule has 0 fully saturated rings. The van der Waals surface area contributed by atoms with Crippen LogP contribution in [0.5, 0.6) is 0 Å². The van der Waals surface area contributed by atoms with E-state index in [9.17, 15) is 4.79 Å². The van der Waals surface area contributed by atoms with Crippen molar-refractivity contribution in [1.29, 1.82) is 0 Å². The molecule has 0 aliphatic heterocycles. The summed E-state index contributed by atoms with van der Waals surface area (Å²) in [7, 11) is 2.04. The number of nitrogens with one attached hydrogen (secondary N) is 1. The molecule has 1 aliphatic carbocycles. The monoisotopic (exact) mass is 420 g/mol. The summed E-state index contributed by atoms with van der Waals surface area (Å²) in [6.45, 7) is 0.407. The van der Waals surface area contributed by atoms with Crippen molar-refractivity contribution in [2.45, 2.75) is 25.3 Å². The van der Waals surface area contributed by atoms with Gasteiger partial charge in [-0.2, -0.15) is 0 Å². The molecule has 0 unspecified atom stereocenters. The summed E-state index contributed by atoms with van der Waals surface area (Å²) in [4.78, 5) is 14.5. The first-order valence-electron chi connectivity index (χ1n) is 7.97. The molecule has 4 heteroatoms. The van der Waals surface area contributed by atoms with Crippen molar-refractivity contribution in [3.63, 3.8) is 0 Å². The van der Waals surface area contributed by atoms with E-state index in [0.717, 1.165) is 22.1 Å². The van der Waals surface area contributed by atoms with Gasteiger partial charge in [-0.25, -0.2) is 0 Å². The highest BCUT2D eigenvalue weighted by Crippen LogP contribution is 2.33. The molecule has 3 nitrogen and oxygen atoms in total. The van der Waals surface area contributed by atoms with Gasteiger partial charge in [0.15, 0.2) is 0 Å². The Morgan fingerprint density at radius 2 is 1.96 bits per heavy atom. The summed E-state index contributed by atoms with van der Waals surface area (Å²) in [6, 6.07) is 16.8. The number of hydrogen-bond donors (Lipinski definition) is 1. The second-order valence-electron chi connectivity index (χ2n) is 6.05.